The molecule has 0 aromatic carbocycles. The van der Waals surface area contributed by atoms with Crippen molar-refractivity contribution in [2.75, 3.05) is 26.2 Å². The van der Waals surface area contributed by atoms with E-state index in [-0.39, 0.29) is 18.1 Å². The molecule has 0 bridgehead atoms. The number of hydrogen-bond acceptors (Lipinski definition) is 5. The minimum atomic E-state index is 0.0498. The summed E-state index contributed by atoms with van der Waals surface area (Å²) in [6.45, 7) is 3.88. The number of piperidine rings is 1. The third kappa shape index (κ3) is 3.29. The van der Waals surface area contributed by atoms with E-state index in [1.54, 1.807) is 18.5 Å². The van der Waals surface area contributed by atoms with Gasteiger partial charge in [0.2, 0.25) is 0 Å². The van der Waals surface area contributed by atoms with Crippen LogP contribution in [0.4, 0.5) is 0 Å². The van der Waals surface area contributed by atoms with Gasteiger partial charge in [-0.1, -0.05) is 0 Å². The molecule has 0 radical (unpaired) electrons. The van der Waals surface area contributed by atoms with Crippen LogP contribution < -0.4 is 0 Å². The molecule has 4 rings (SSSR count). The Morgan fingerprint density at radius 3 is 3.00 bits per heavy atom. The van der Waals surface area contributed by atoms with E-state index in [9.17, 15) is 4.79 Å². The number of nitrogens with zero attached hydrogens (tertiary/aromatic N) is 5. The number of likely N-dealkylation sites (tertiary alicyclic amines) is 1. The first-order chi connectivity index (χ1) is 12.2. The summed E-state index contributed by atoms with van der Waals surface area (Å²) in [4.78, 5) is 25.6. The van der Waals surface area contributed by atoms with Gasteiger partial charge in [0.25, 0.3) is 5.91 Å². The van der Waals surface area contributed by atoms with Crippen LogP contribution in [0.15, 0.2) is 37.1 Å². The van der Waals surface area contributed by atoms with Gasteiger partial charge in [0.05, 0.1) is 36.3 Å². The molecule has 2 aromatic heterocycles. The number of ether oxygens (including phenoxy) is 1. The Hall–Kier alpha value is -2.25. The van der Waals surface area contributed by atoms with Crippen LogP contribution in [0.25, 0.3) is 0 Å². The average molecular weight is 341 g/mol. The van der Waals surface area contributed by atoms with E-state index in [0.29, 0.717) is 18.7 Å². The molecule has 132 valence electrons. The van der Waals surface area contributed by atoms with Gasteiger partial charge in [-0.05, 0) is 18.6 Å². The maximum atomic E-state index is 12.9. The summed E-state index contributed by atoms with van der Waals surface area (Å²) in [5.74, 6) is 0.0498. The van der Waals surface area contributed by atoms with E-state index in [0.717, 1.165) is 26.1 Å². The molecule has 25 heavy (non-hydrogen) atoms. The zero-order chi connectivity index (χ0) is 17.2. The van der Waals surface area contributed by atoms with Crippen molar-refractivity contribution in [1.82, 2.24) is 24.3 Å². The standard InChI is InChI=1S/C18H23N5O2/c1-21-13-20-10-15(21)11-22-6-4-17-16(12-22)23(7-8-25-17)18(24)14-3-2-5-19-9-14/h2-3,5,9-10,13,16-17H,4,6-8,11-12H2,1H3/t16-,17-/m0/s1. The number of amides is 1. The molecular weight excluding hydrogens is 318 g/mol. The number of rotatable bonds is 3. The van der Waals surface area contributed by atoms with Crippen molar-refractivity contribution in [2.45, 2.75) is 25.1 Å². The second-order valence-electron chi connectivity index (χ2n) is 6.74. The topological polar surface area (TPSA) is 63.5 Å². The largest absolute Gasteiger partial charge is 0.374 e. The molecule has 2 saturated heterocycles. The Morgan fingerprint density at radius 1 is 1.32 bits per heavy atom. The van der Waals surface area contributed by atoms with Crippen LogP contribution in [-0.2, 0) is 18.3 Å². The molecule has 2 aromatic rings. The minimum absolute atomic E-state index is 0.0498. The molecule has 0 aliphatic carbocycles. The Balaban J connectivity index is 1.50. The van der Waals surface area contributed by atoms with Crippen LogP contribution >= 0.6 is 0 Å². The molecule has 4 heterocycles. The Labute approximate surface area is 147 Å². The molecule has 2 atom stereocenters. The summed E-state index contributed by atoms with van der Waals surface area (Å²) in [6.07, 6.45) is 8.13. The van der Waals surface area contributed by atoms with Gasteiger partial charge >= 0.3 is 0 Å². The van der Waals surface area contributed by atoms with Crippen LogP contribution in [0.5, 0.6) is 0 Å². The molecule has 0 saturated carbocycles. The van der Waals surface area contributed by atoms with Crippen LogP contribution in [0.3, 0.4) is 0 Å². The van der Waals surface area contributed by atoms with Crippen molar-refractivity contribution in [1.29, 1.82) is 0 Å². The number of aryl methyl sites for hydroxylation is 1. The molecule has 2 aliphatic rings. The second-order valence-corrected chi connectivity index (χ2v) is 6.74. The van der Waals surface area contributed by atoms with Gasteiger partial charge in [0, 0.05) is 51.8 Å². The fraction of sp³-hybridized carbons (Fsp3) is 0.500. The van der Waals surface area contributed by atoms with Crippen molar-refractivity contribution >= 4 is 5.91 Å². The predicted molar refractivity (Wildman–Crippen MR) is 91.9 cm³/mol. The third-order valence-corrected chi connectivity index (χ3v) is 5.14. The van der Waals surface area contributed by atoms with E-state index in [1.165, 1.54) is 5.69 Å². The average Bonchev–Trinajstić information content (AvgIpc) is 3.06. The van der Waals surface area contributed by atoms with Gasteiger partial charge in [-0.2, -0.15) is 0 Å². The van der Waals surface area contributed by atoms with E-state index >= 15 is 0 Å². The highest BCUT2D eigenvalue weighted by molar-refractivity contribution is 5.94. The summed E-state index contributed by atoms with van der Waals surface area (Å²) in [7, 11) is 2.01. The fourth-order valence-corrected chi connectivity index (χ4v) is 3.75. The van der Waals surface area contributed by atoms with Crippen molar-refractivity contribution in [3.63, 3.8) is 0 Å². The van der Waals surface area contributed by atoms with E-state index in [4.69, 9.17) is 4.74 Å². The lowest BCUT2D eigenvalue weighted by molar-refractivity contribution is -0.0916. The normalized spacial score (nSPS) is 24.1. The highest BCUT2D eigenvalue weighted by Gasteiger charge is 2.39. The lowest BCUT2D eigenvalue weighted by atomic mass is 9.97. The van der Waals surface area contributed by atoms with Gasteiger partial charge in [0.1, 0.15) is 0 Å². The van der Waals surface area contributed by atoms with Gasteiger partial charge in [-0.25, -0.2) is 4.98 Å². The molecule has 0 unspecified atom stereocenters. The van der Waals surface area contributed by atoms with Crippen molar-refractivity contribution in [3.8, 4) is 0 Å². The van der Waals surface area contributed by atoms with E-state index in [1.807, 2.05) is 35.1 Å². The number of fused-ring (bicyclic) bond motifs is 1. The van der Waals surface area contributed by atoms with Crippen molar-refractivity contribution < 1.29 is 9.53 Å². The van der Waals surface area contributed by atoms with Crippen LogP contribution in [0, 0.1) is 0 Å². The Bertz CT molecular complexity index is 732. The van der Waals surface area contributed by atoms with Crippen LogP contribution in [0.1, 0.15) is 22.5 Å². The number of morpholine rings is 1. The summed E-state index contributed by atoms with van der Waals surface area (Å²) >= 11 is 0. The van der Waals surface area contributed by atoms with Crippen molar-refractivity contribution in [2.24, 2.45) is 7.05 Å². The zero-order valence-electron chi connectivity index (χ0n) is 14.4. The molecule has 1 amide bonds. The summed E-state index contributed by atoms with van der Waals surface area (Å²) in [5.41, 5.74) is 1.83. The molecule has 7 nitrogen and oxygen atoms in total. The first kappa shape index (κ1) is 16.2. The highest BCUT2D eigenvalue weighted by Crippen LogP contribution is 2.25. The van der Waals surface area contributed by atoms with Gasteiger partial charge in [-0.15, -0.1) is 0 Å². The monoisotopic (exact) mass is 341 g/mol. The van der Waals surface area contributed by atoms with Crippen LogP contribution in [-0.4, -0.2) is 68.6 Å². The third-order valence-electron chi connectivity index (χ3n) is 5.14. The number of imidazole rings is 1. The fourth-order valence-electron chi connectivity index (χ4n) is 3.75. The predicted octanol–water partition coefficient (Wildman–Crippen LogP) is 0.931. The minimum Gasteiger partial charge on any atom is -0.374 e. The first-order valence-electron chi connectivity index (χ1n) is 8.72. The zero-order valence-corrected chi connectivity index (χ0v) is 14.4. The van der Waals surface area contributed by atoms with E-state index in [2.05, 4.69) is 14.9 Å². The summed E-state index contributed by atoms with van der Waals surface area (Å²) in [6, 6.07) is 3.72. The maximum absolute atomic E-state index is 12.9. The number of aromatic nitrogens is 3. The molecular formula is C18H23N5O2. The SMILES string of the molecule is Cn1cncc1CN1CC[C@@H]2OCCN(C(=O)c3cccnc3)[C@H]2C1. The lowest BCUT2D eigenvalue weighted by Crippen LogP contribution is -2.61. The van der Waals surface area contributed by atoms with Gasteiger partial charge in [-0.3, -0.25) is 14.7 Å². The second kappa shape index (κ2) is 6.93. The Morgan fingerprint density at radius 2 is 2.24 bits per heavy atom. The Kier molecular flexibility index (Phi) is 4.50. The molecule has 0 N–H and O–H groups in total. The smallest absolute Gasteiger partial charge is 0.255 e. The molecule has 2 fully saturated rings. The van der Waals surface area contributed by atoms with Gasteiger partial charge < -0.3 is 14.2 Å². The lowest BCUT2D eigenvalue weighted by Gasteiger charge is -2.47. The summed E-state index contributed by atoms with van der Waals surface area (Å²) in [5, 5.41) is 0. The summed E-state index contributed by atoms with van der Waals surface area (Å²) < 4.78 is 8.00. The van der Waals surface area contributed by atoms with E-state index < -0.39 is 0 Å². The molecule has 7 heteroatoms. The highest BCUT2D eigenvalue weighted by atomic mass is 16.5. The quantitative estimate of drug-likeness (QED) is 0.831. The molecule has 0 spiro atoms. The van der Waals surface area contributed by atoms with Crippen LogP contribution in [0.2, 0.25) is 0 Å². The maximum Gasteiger partial charge on any atom is 0.255 e. The number of carbonyl (C=O) groups excluding carboxylic acids is 1. The number of carbonyl (C=O) groups is 1. The van der Waals surface area contributed by atoms with Crippen molar-refractivity contribution in [3.05, 3.63) is 48.3 Å². The van der Waals surface area contributed by atoms with Gasteiger partial charge in [0.15, 0.2) is 0 Å². The molecule has 2 aliphatic heterocycles. The first-order valence-corrected chi connectivity index (χ1v) is 8.72. The number of pyridine rings is 1. The number of hydrogen-bond donors (Lipinski definition) is 0.